The van der Waals surface area contributed by atoms with E-state index in [1.165, 1.54) is 4.68 Å². The molecule has 0 aliphatic rings. The summed E-state index contributed by atoms with van der Waals surface area (Å²) in [5, 5.41) is 16.9. The van der Waals surface area contributed by atoms with Gasteiger partial charge in [0.1, 0.15) is 0 Å². The second-order valence-electron chi connectivity index (χ2n) is 3.66. The van der Waals surface area contributed by atoms with Crippen LogP contribution in [0.5, 0.6) is 0 Å². The Labute approximate surface area is 103 Å². The lowest BCUT2D eigenvalue weighted by Crippen LogP contribution is -2.00. The summed E-state index contributed by atoms with van der Waals surface area (Å²) < 4.78 is 1.53. The monoisotopic (exact) mass is 251 g/mol. The minimum absolute atomic E-state index is 0.139. The third-order valence-electron chi connectivity index (χ3n) is 2.29. The van der Waals surface area contributed by atoms with Crippen LogP contribution in [0, 0.1) is 6.92 Å². The van der Waals surface area contributed by atoms with E-state index in [1.807, 2.05) is 13.0 Å². The average molecular weight is 252 g/mol. The van der Waals surface area contributed by atoms with Gasteiger partial charge in [0.25, 0.3) is 0 Å². The molecule has 6 heteroatoms. The molecule has 0 saturated heterocycles. The molecule has 0 aliphatic carbocycles. The topological polar surface area (TPSA) is 68.0 Å². The van der Waals surface area contributed by atoms with E-state index < -0.39 is 5.97 Å². The SMILES string of the molecule is Cc1ccc(Cl)cc1-n1cc(CC(=O)O)nn1. The van der Waals surface area contributed by atoms with E-state index in [0.29, 0.717) is 10.7 Å². The molecule has 0 unspecified atom stereocenters. The summed E-state index contributed by atoms with van der Waals surface area (Å²) in [5.41, 5.74) is 2.19. The molecular weight excluding hydrogens is 242 g/mol. The summed E-state index contributed by atoms with van der Waals surface area (Å²) in [6, 6.07) is 5.42. The lowest BCUT2D eigenvalue weighted by molar-refractivity contribution is -0.136. The van der Waals surface area contributed by atoms with Crippen LogP contribution in [0.4, 0.5) is 0 Å². The van der Waals surface area contributed by atoms with Crippen molar-refractivity contribution in [2.24, 2.45) is 0 Å². The molecule has 0 saturated carbocycles. The van der Waals surface area contributed by atoms with E-state index in [0.717, 1.165) is 11.3 Å². The van der Waals surface area contributed by atoms with Gasteiger partial charge in [-0.05, 0) is 24.6 Å². The number of aromatic nitrogens is 3. The molecule has 0 amide bonds. The van der Waals surface area contributed by atoms with Crippen LogP contribution in [0.3, 0.4) is 0 Å². The quantitative estimate of drug-likeness (QED) is 0.904. The molecule has 1 heterocycles. The number of aryl methyl sites for hydroxylation is 1. The van der Waals surface area contributed by atoms with E-state index in [4.69, 9.17) is 16.7 Å². The van der Waals surface area contributed by atoms with Gasteiger partial charge in [-0.15, -0.1) is 5.10 Å². The van der Waals surface area contributed by atoms with E-state index in [-0.39, 0.29) is 6.42 Å². The first-order valence-electron chi connectivity index (χ1n) is 4.96. The van der Waals surface area contributed by atoms with Crippen molar-refractivity contribution in [3.63, 3.8) is 0 Å². The Morgan fingerprint density at radius 2 is 2.29 bits per heavy atom. The van der Waals surface area contributed by atoms with Crippen LogP contribution in [0.15, 0.2) is 24.4 Å². The minimum Gasteiger partial charge on any atom is -0.481 e. The van der Waals surface area contributed by atoms with E-state index in [1.54, 1.807) is 18.3 Å². The highest BCUT2D eigenvalue weighted by atomic mass is 35.5. The summed E-state index contributed by atoms with van der Waals surface area (Å²) in [6.45, 7) is 1.92. The number of hydrogen-bond acceptors (Lipinski definition) is 3. The van der Waals surface area contributed by atoms with Gasteiger partial charge in [-0.2, -0.15) is 0 Å². The third kappa shape index (κ3) is 2.62. The van der Waals surface area contributed by atoms with Gasteiger partial charge in [-0.25, -0.2) is 4.68 Å². The molecule has 0 atom stereocenters. The number of aliphatic carboxylic acids is 1. The summed E-state index contributed by atoms with van der Waals surface area (Å²) in [7, 11) is 0. The Morgan fingerprint density at radius 1 is 1.53 bits per heavy atom. The van der Waals surface area contributed by atoms with Crippen LogP contribution in [-0.2, 0) is 11.2 Å². The van der Waals surface area contributed by atoms with Crippen molar-refractivity contribution < 1.29 is 9.90 Å². The number of hydrogen-bond donors (Lipinski definition) is 1. The number of rotatable bonds is 3. The molecule has 88 valence electrons. The van der Waals surface area contributed by atoms with Crippen LogP contribution < -0.4 is 0 Å². The molecule has 0 fully saturated rings. The zero-order chi connectivity index (χ0) is 12.4. The molecule has 2 aromatic rings. The van der Waals surface area contributed by atoms with Crippen molar-refractivity contribution in [2.45, 2.75) is 13.3 Å². The lowest BCUT2D eigenvalue weighted by atomic mass is 10.2. The molecule has 2 rings (SSSR count). The van der Waals surface area contributed by atoms with E-state index >= 15 is 0 Å². The maximum absolute atomic E-state index is 10.5. The molecule has 1 N–H and O–H groups in total. The van der Waals surface area contributed by atoms with Crippen molar-refractivity contribution in [3.8, 4) is 5.69 Å². The van der Waals surface area contributed by atoms with Crippen molar-refractivity contribution in [2.75, 3.05) is 0 Å². The van der Waals surface area contributed by atoms with Gasteiger partial charge in [0.2, 0.25) is 0 Å². The van der Waals surface area contributed by atoms with Gasteiger partial charge < -0.3 is 5.11 Å². The molecule has 1 aromatic carbocycles. The summed E-state index contributed by atoms with van der Waals surface area (Å²) >= 11 is 5.90. The highest BCUT2D eigenvalue weighted by Gasteiger charge is 2.08. The van der Waals surface area contributed by atoms with Gasteiger partial charge in [0.15, 0.2) is 0 Å². The van der Waals surface area contributed by atoms with E-state index in [9.17, 15) is 4.79 Å². The standard InChI is InChI=1S/C11H10ClN3O2/c1-7-2-3-8(12)4-10(7)15-6-9(13-14-15)5-11(16)17/h2-4,6H,5H2,1H3,(H,16,17). The van der Waals surface area contributed by atoms with Crippen molar-refractivity contribution in [1.29, 1.82) is 0 Å². The molecule has 5 nitrogen and oxygen atoms in total. The Bertz CT molecular complexity index is 566. The lowest BCUT2D eigenvalue weighted by Gasteiger charge is -2.04. The first kappa shape index (κ1) is 11.6. The minimum atomic E-state index is -0.931. The van der Waals surface area contributed by atoms with Crippen LogP contribution in [0.25, 0.3) is 5.69 Å². The fraction of sp³-hybridized carbons (Fsp3) is 0.182. The molecule has 17 heavy (non-hydrogen) atoms. The highest BCUT2D eigenvalue weighted by Crippen LogP contribution is 2.18. The smallest absolute Gasteiger partial charge is 0.309 e. The molecule has 0 spiro atoms. The Balaban J connectivity index is 2.36. The zero-order valence-corrected chi connectivity index (χ0v) is 9.85. The summed E-state index contributed by atoms with van der Waals surface area (Å²) in [4.78, 5) is 10.5. The number of benzene rings is 1. The summed E-state index contributed by atoms with van der Waals surface area (Å²) in [6.07, 6.45) is 1.45. The molecule has 1 aromatic heterocycles. The van der Waals surface area contributed by atoms with Gasteiger partial charge in [0.05, 0.1) is 24.0 Å². The Kier molecular flexibility index (Phi) is 3.10. The van der Waals surface area contributed by atoms with Crippen LogP contribution in [-0.4, -0.2) is 26.1 Å². The van der Waals surface area contributed by atoms with Gasteiger partial charge in [-0.3, -0.25) is 4.79 Å². The molecular formula is C11H10ClN3O2. The van der Waals surface area contributed by atoms with Crippen molar-refractivity contribution in [3.05, 3.63) is 40.7 Å². The number of carboxylic acids is 1. The van der Waals surface area contributed by atoms with Gasteiger partial charge >= 0.3 is 5.97 Å². The van der Waals surface area contributed by atoms with Gasteiger partial charge in [-0.1, -0.05) is 22.9 Å². The third-order valence-corrected chi connectivity index (χ3v) is 2.53. The molecule has 0 bridgehead atoms. The van der Waals surface area contributed by atoms with Crippen molar-refractivity contribution >= 4 is 17.6 Å². The van der Waals surface area contributed by atoms with Crippen molar-refractivity contribution in [1.82, 2.24) is 15.0 Å². The fourth-order valence-corrected chi connectivity index (χ4v) is 1.65. The fourth-order valence-electron chi connectivity index (χ4n) is 1.48. The number of carbonyl (C=O) groups is 1. The Hall–Kier alpha value is -1.88. The first-order chi connectivity index (χ1) is 8.06. The average Bonchev–Trinajstić information content (AvgIpc) is 2.69. The Morgan fingerprint density at radius 3 is 3.00 bits per heavy atom. The predicted octanol–water partition coefficient (Wildman–Crippen LogP) is 1.86. The van der Waals surface area contributed by atoms with Crippen LogP contribution >= 0.6 is 11.6 Å². The van der Waals surface area contributed by atoms with Crippen LogP contribution in [0.2, 0.25) is 5.02 Å². The second-order valence-corrected chi connectivity index (χ2v) is 4.09. The molecule has 0 aliphatic heterocycles. The van der Waals surface area contributed by atoms with Crippen LogP contribution in [0.1, 0.15) is 11.3 Å². The number of carboxylic acid groups (broad SMARTS) is 1. The normalized spacial score (nSPS) is 10.5. The zero-order valence-electron chi connectivity index (χ0n) is 9.09. The highest BCUT2D eigenvalue weighted by molar-refractivity contribution is 6.30. The largest absolute Gasteiger partial charge is 0.481 e. The maximum Gasteiger partial charge on any atom is 0.309 e. The number of nitrogens with zero attached hydrogens (tertiary/aromatic N) is 3. The first-order valence-corrected chi connectivity index (χ1v) is 5.33. The predicted molar refractivity (Wildman–Crippen MR) is 62.4 cm³/mol. The summed E-state index contributed by atoms with van der Waals surface area (Å²) in [5.74, 6) is -0.931. The number of halogens is 1. The van der Waals surface area contributed by atoms with Gasteiger partial charge in [0, 0.05) is 5.02 Å². The molecule has 0 radical (unpaired) electrons. The van der Waals surface area contributed by atoms with E-state index in [2.05, 4.69) is 10.3 Å². The maximum atomic E-state index is 10.5. The second kappa shape index (κ2) is 4.55.